The SMILES string of the molecule is COCCCN1C(=O)C(=O)/C(=C(\O)c2ccc(OC(C)C)cc2)C1c1ccc(O)c(Cl)c1. The predicted molar refractivity (Wildman–Crippen MR) is 121 cm³/mol. The fraction of sp³-hybridized carbons (Fsp3) is 0.333. The third-order valence-electron chi connectivity index (χ3n) is 5.07. The molecule has 7 nitrogen and oxygen atoms in total. The topological polar surface area (TPSA) is 96.3 Å². The molecule has 3 rings (SSSR count). The number of nitrogens with zero attached hydrogens (tertiary/aromatic N) is 1. The minimum atomic E-state index is -0.850. The van der Waals surface area contributed by atoms with Crippen LogP contribution in [0.3, 0.4) is 0 Å². The Kier molecular flexibility index (Phi) is 7.43. The number of phenols is 1. The second-order valence-electron chi connectivity index (χ2n) is 7.74. The van der Waals surface area contributed by atoms with Crippen molar-refractivity contribution in [1.29, 1.82) is 0 Å². The van der Waals surface area contributed by atoms with Gasteiger partial charge in [0, 0.05) is 25.8 Å². The number of amides is 1. The summed E-state index contributed by atoms with van der Waals surface area (Å²) in [4.78, 5) is 27.2. The van der Waals surface area contributed by atoms with Crippen LogP contribution >= 0.6 is 11.6 Å². The van der Waals surface area contributed by atoms with Crippen LogP contribution in [0.25, 0.3) is 5.76 Å². The smallest absolute Gasteiger partial charge is 0.295 e. The van der Waals surface area contributed by atoms with Gasteiger partial charge in [-0.2, -0.15) is 0 Å². The molecule has 32 heavy (non-hydrogen) atoms. The highest BCUT2D eigenvalue weighted by Crippen LogP contribution is 2.41. The maximum Gasteiger partial charge on any atom is 0.295 e. The summed E-state index contributed by atoms with van der Waals surface area (Å²) in [6.07, 6.45) is 0.499. The van der Waals surface area contributed by atoms with E-state index in [0.29, 0.717) is 29.9 Å². The summed E-state index contributed by atoms with van der Waals surface area (Å²) in [6, 6.07) is 10.3. The van der Waals surface area contributed by atoms with Crippen molar-refractivity contribution in [2.24, 2.45) is 0 Å². The van der Waals surface area contributed by atoms with Crippen molar-refractivity contribution in [3.63, 3.8) is 0 Å². The molecule has 0 radical (unpaired) electrons. The van der Waals surface area contributed by atoms with Crippen LogP contribution in [0.1, 0.15) is 37.4 Å². The van der Waals surface area contributed by atoms with Crippen LogP contribution in [0.15, 0.2) is 48.0 Å². The Labute approximate surface area is 191 Å². The third kappa shape index (κ3) is 4.89. The van der Waals surface area contributed by atoms with E-state index in [2.05, 4.69) is 0 Å². The third-order valence-corrected chi connectivity index (χ3v) is 5.38. The number of ketones is 1. The monoisotopic (exact) mass is 459 g/mol. The molecule has 1 amide bonds. The largest absolute Gasteiger partial charge is 0.507 e. The average Bonchev–Trinajstić information content (AvgIpc) is 3.00. The van der Waals surface area contributed by atoms with Crippen LogP contribution in [-0.4, -0.2) is 53.2 Å². The van der Waals surface area contributed by atoms with Gasteiger partial charge < -0.3 is 24.6 Å². The van der Waals surface area contributed by atoms with Crippen molar-refractivity contribution in [1.82, 2.24) is 4.90 Å². The maximum absolute atomic E-state index is 13.0. The highest BCUT2D eigenvalue weighted by atomic mass is 35.5. The molecule has 1 aliphatic rings. The summed E-state index contributed by atoms with van der Waals surface area (Å²) in [6.45, 7) is 4.46. The van der Waals surface area contributed by atoms with Crippen LogP contribution in [0, 0.1) is 0 Å². The number of Topliss-reactive ketones (excluding diaryl/α,β-unsaturated/α-hetero) is 1. The number of benzene rings is 2. The van der Waals surface area contributed by atoms with Crippen molar-refractivity contribution < 1.29 is 29.3 Å². The molecule has 1 fully saturated rings. The molecule has 0 bridgehead atoms. The minimum absolute atomic E-state index is 0.00823. The van der Waals surface area contributed by atoms with E-state index in [4.69, 9.17) is 21.1 Å². The van der Waals surface area contributed by atoms with Crippen LogP contribution in [0.4, 0.5) is 0 Å². The number of carbonyl (C=O) groups is 2. The molecule has 0 aromatic heterocycles. The summed E-state index contributed by atoms with van der Waals surface area (Å²) >= 11 is 6.09. The second-order valence-corrected chi connectivity index (χ2v) is 8.15. The lowest BCUT2D eigenvalue weighted by molar-refractivity contribution is -0.140. The second kappa shape index (κ2) is 10.1. The quantitative estimate of drug-likeness (QED) is 0.264. The predicted octanol–water partition coefficient (Wildman–Crippen LogP) is 4.29. The molecule has 1 atom stereocenters. The fourth-order valence-electron chi connectivity index (χ4n) is 3.65. The maximum atomic E-state index is 13.0. The van der Waals surface area contributed by atoms with Crippen molar-refractivity contribution in [3.8, 4) is 11.5 Å². The minimum Gasteiger partial charge on any atom is -0.507 e. The van der Waals surface area contributed by atoms with Crippen molar-refractivity contribution in [3.05, 3.63) is 64.2 Å². The summed E-state index contributed by atoms with van der Waals surface area (Å²) < 4.78 is 10.7. The summed E-state index contributed by atoms with van der Waals surface area (Å²) in [5.41, 5.74) is 0.850. The lowest BCUT2D eigenvalue weighted by atomic mass is 9.95. The molecular weight excluding hydrogens is 434 g/mol. The standard InChI is InChI=1S/C24H26ClNO6/c1-14(2)32-17-8-5-15(6-9-17)22(28)20-21(16-7-10-19(27)18(25)13-16)26(11-4-12-31-3)24(30)23(20)29/h5-10,13-14,21,27-28H,4,11-12H2,1-3H3/b22-20-. The molecule has 0 spiro atoms. The number of phenolic OH excluding ortho intramolecular Hbond substituents is 1. The Morgan fingerprint density at radius 3 is 2.44 bits per heavy atom. The number of likely N-dealkylation sites (tertiary alicyclic amines) is 1. The first-order valence-electron chi connectivity index (χ1n) is 10.3. The number of methoxy groups -OCH3 is 1. The number of hydrogen-bond donors (Lipinski definition) is 2. The Morgan fingerprint density at radius 1 is 1.16 bits per heavy atom. The highest BCUT2D eigenvalue weighted by Gasteiger charge is 2.45. The van der Waals surface area contributed by atoms with E-state index in [0.717, 1.165) is 0 Å². The zero-order valence-corrected chi connectivity index (χ0v) is 18.9. The van der Waals surface area contributed by atoms with Gasteiger partial charge in [0.15, 0.2) is 0 Å². The summed E-state index contributed by atoms with van der Waals surface area (Å²) in [7, 11) is 1.55. The average molecular weight is 460 g/mol. The van der Waals surface area contributed by atoms with E-state index in [1.54, 1.807) is 37.4 Å². The molecule has 8 heteroatoms. The normalized spacial score (nSPS) is 17.9. The molecule has 2 N–H and O–H groups in total. The first-order chi connectivity index (χ1) is 15.2. The van der Waals surface area contributed by atoms with Gasteiger partial charge in [-0.3, -0.25) is 9.59 Å². The number of ether oxygens (including phenoxy) is 2. The Balaban J connectivity index is 2.08. The van der Waals surface area contributed by atoms with E-state index >= 15 is 0 Å². The number of rotatable bonds is 8. The summed E-state index contributed by atoms with van der Waals surface area (Å²) in [5.74, 6) is -1.28. The van der Waals surface area contributed by atoms with Gasteiger partial charge in [-0.25, -0.2) is 0 Å². The number of carbonyl (C=O) groups excluding carboxylic acids is 2. The van der Waals surface area contributed by atoms with Crippen LogP contribution < -0.4 is 4.74 Å². The molecule has 2 aromatic rings. The Morgan fingerprint density at radius 2 is 1.84 bits per heavy atom. The van der Waals surface area contributed by atoms with E-state index in [9.17, 15) is 19.8 Å². The van der Waals surface area contributed by atoms with Crippen LogP contribution in [-0.2, 0) is 14.3 Å². The van der Waals surface area contributed by atoms with Crippen LogP contribution in [0.2, 0.25) is 5.02 Å². The molecule has 1 aliphatic heterocycles. The van der Waals surface area contributed by atoms with Crippen molar-refractivity contribution in [2.45, 2.75) is 32.4 Å². The van der Waals surface area contributed by atoms with Crippen LogP contribution in [0.5, 0.6) is 11.5 Å². The van der Waals surface area contributed by atoms with E-state index in [-0.39, 0.29) is 34.8 Å². The van der Waals surface area contributed by atoms with Gasteiger partial charge >= 0.3 is 0 Å². The molecule has 2 aromatic carbocycles. The van der Waals surface area contributed by atoms with Gasteiger partial charge in [0.05, 0.1) is 22.7 Å². The zero-order chi connectivity index (χ0) is 23.4. The molecule has 170 valence electrons. The van der Waals surface area contributed by atoms with Gasteiger partial charge in [0.1, 0.15) is 17.3 Å². The molecule has 0 aliphatic carbocycles. The lowest BCUT2D eigenvalue weighted by Crippen LogP contribution is -2.31. The Bertz CT molecular complexity index is 1030. The van der Waals surface area contributed by atoms with Gasteiger partial charge in [0.25, 0.3) is 11.7 Å². The zero-order valence-electron chi connectivity index (χ0n) is 18.2. The fourth-order valence-corrected chi connectivity index (χ4v) is 3.84. The molecule has 1 unspecified atom stereocenters. The number of aromatic hydroxyl groups is 1. The van der Waals surface area contributed by atoms with Crippen molar-refractivity contribution in [2.75, 3.05) is 20.3 Å². The number of aliphatic hydroxyl groups is 1. The van der Waals surface area contributed by atoms with Crippen molar-refractivity contribution >= 4 is 29.1 Å². The number of hydrogen-bond acceptors (Lipinski definition) is 6. The first-order valence-corrected chi connectivity index (χ1v) is 10.6. The molecular formula is C24H26ClNO6. The molecule has 1 saturated heterocycles. The number of halogens is 1. The van der Waals surface area contributed by atoms with Gasteiger partial charge in [-0.05, 0) is 62.2 Å². The van der Waals surface area contributed by atoms with Gasteiger partial charge in [-0.1, -0.05) is 17.7 Å². The van der Waals surface area contributed by atoms with E-state index in [1.807, 2.05) is 13.8 Å². The lowest BCUT2D eigenvalue weighted by Gasteiger charge is -2.25. The summed E-state index contributed by atoms with van der Waals surface area (Å²) in [5, 5.41) is 20.9. The highest BCUT2D eigenvalue weighted by molar-refractivity contribution is 6.46. The van der Waals surface area contributed by atoms with E-state index < -0.39 is 17.7 Å². The first kappa shape index (κ1) is 23.6. The van der Waals surface area contributed by atoms with Gasteiger partial charge in [-0.15, -0.1) is 0 Å². The molecule has 0 saturated carbocycles. The Hall–Kier alpha value is -3.03. The van der Waals surface area contributed by atoms with E-state index in [1.165, 1.54) is 17.0 Å². The number of aliphatic hydroxyl groups excluding tert-OH is 1. The molecule has 1 heterocycles. The van der Waals surface area contributed by atoms with Gasteiger partial charge in [0.2, 0.25) is 0 Å².